The van der Waals surface area contributed by atoms with Gasteiger partial charge >= 0.3 is 0 Å². The van der Waals surface area contributed by atoms with Crippen molar-refractivity contribution >= 4 is 17.3 Å². The first-order chi connectivity index (χ1) is 8.29. The van der Waals surface area contributed by atoms with E-state index in [2.05, 4.69) is 10.6 Å². The lowest BCUT2D eigenvalue weighted by molar-refractivity contribution is -0.116. The lowest BCUT2D eigenvalue weighted by atomic mass is 10.2. The van der Waals surface area contributed by atoms with Gasteiger partial charge in [-0.1, -0.05) is 0 Å². The second-order valence-electron chi connectivity index (χ2n) is 3.78. The maximum absolute atomic E-state index is 11.4. The lowest BCUT2D eigenvalue weighted by Gasteiger charge is -2.10. The van der Waals surface area contributed by atoms with Crippen molar-refractivity contribution in [2.75, 3.05) is 37.5 Å². The summed E-state index contributed by atoms with van der Waals surface area (Å²) in [7, 11) is 1.66. The molecule has 0 saturated heterocycles. The van der Waals surface area contributed by atoms with E-state index in [9.17, 15) is 4.79 Å². The molecule has 1 aromatic rings. The first kappa shape index (κ1) is 11.7. The van der Waals surface area contributed by atoms with Gasteiger partial charge in [0.05, 0.1) is 25.3 Å². The summed E-state index contributed by atoms with van der Waals surface area (Å²) in [6.45, 7) is 1.79. The Bertz CT molecular complexity index is 407. The van der Waals surface area contributed by atoms with Gasteiger partial charge in [-0.05, 0) is 18.2 Å². The molecule has 1 amide bonds. The van der Waals surface area contributed by atoms with Crippen molar-refractivity contribution in [3.05, 3.63) is 18.2 Å². The summed E-state index contributed by atoms with van der Waals surface area (Å²) in [4.78, 5) is 11.4. The number of nitrogens with one attached hydrogen (secondary N) is 2. The molecular formula is C12H16N2O3. The van der Waals surface area contributed by atoms with Crippen LogP contribution in [0.25, 0.3) is 0 Å². The number of ether oxygens (including phenoxy) is 2. The van der Waals surface area contributed by atoms with Gasteiger partial charge in [0, 0.05) is 19.3 Å². The van der Waals surface area contributed by atoms with Crippen LogP contribution in [-0.4, -0.2) is 32.8 Å². The highest BCUT2D eigenvalue weighted by molar-refractivity contribution is 5.93. The number of rotatable bonds is 4. The summed E-state index contributed by atoms with van der Waals surface area (Å²) >= 11 is 0. The first-order valence-corrected chi connectivity index (χ1v) is 5.59. The van der Waals surface area contributed by atoms with Crippen LogP contribution in [0.15, 0.2) is 18.2 Å². The summed E-state index contributed by atoms with van der Waals surface area (Å²) in [5, 5.41) is 6.02. The van der Waals surface area contributed by atoms with Crippen LogP contribution in [0.5, 0.6) is 5.75 Å². The van der Waals surface area contributed by atoms with Crippen LogP contribution >= 0.6 is 0 Å². The molecule has 0 atom stereocenters. The predicted molar refractivity (Wildman–Crippen MR) is 65.5 cm³/mol. The number of benzene rings is 1. The van der Waals surface area contributed by atoms with E-state index in [0.29, 0.717) is 25.4 Å². The third-order valence-corrected chi connectivity index (χ3v) is 2.48. The summed E-state index contributed by atoms with van der Waals surface area (Å²) in [5.74, 6) is 0.700. The van der Waals surface area contributed by atoms with Crippen molar-refractivity contribution in [1.82, 2.24) is 0 Å². The van der Waals surface area contributed by atoms with Gasteiger partial charge in [0.15, 0.2) is 0 Å². The number of anilines is 2. The third kappa shape index (κ3) is 3.10. The van der Waals surface area contributed by atoms with Gasteiger partial charge in [0.1, 0.15) is 5.75 Å². The maximum Gasteiger partial charge on any atom is 0.227 e. The minimum Gasteiger partial charge on any atom is -0.491 e. The molecule has 0 fully saturated rings. The second-order valence-corrected chi connectivity index (χ2v) is 3.78. The molecule has 1 heterocycles. The highest BCUT2D eigenvalue weighted by atomic mass is 16.5. The van der Waals surface area contributed by atoms with E-state index in [4.69, 9.17) is 9.47 Å². The molecule has 0 unspecified atom stereocenters. The van der Waals surface area contributed by atoms with Crippen LogP contribution in [0.1, 0.15) is 6.42 Å². The standard InChI is InChI=1S/C12H16N2O3/c1-16-7-5-13-9-2-3-11-10(8-9)14-12(15)4-6-17-11/h2-3,8,13H,4-7H2,1H3,(H,14,15). The second kappa shape index (κ2) is 5.54. The molecule has 17 heavy (non-hydrogen) atoms. The Morgan fingerprint density at radius 1 is 1.53 bits per heavy atom. The number of methoxy groups -OCH3 is 1. The van der Waals surface area contributed by atoms with E-state index in [1.54, 1.807) is 7.11 Å². The fourth-order valence-corrected chi connectivity index (χ4v) is 1.63. The average molecular weight is 236 g/mol. The van der Waals surface area contributed by atoms with Gasteiger partial charge in [0.25, 0.3) is 0 Å². The van der Waals surface area contributed by atoms with Gasteiger partial charge in [-0.25, -0.2) is 0 Å². The number of hydrogen-bond donors (Lipinski definition) is 2. The first-order valence-electron chi connectivity index (χ1n) is 5.59. The molecule has 92 valence electrons. The molecule has 0 radical (unpaired) electrons. The van der Waals surface area contributed by atoms with Crippen LogP contribution in [0.4, 0.5) is 11.4 Å². The minimum absolute atomic E-state index is 0.0159. The van der Waals surface area contributed by atoms with Crippen molar-refractivity contribution in [2.24, 2.45) is 0 Å². The normalized spacial score (nSPS) is 14.3. The predicted octanol–water partition coefficient (Wildman–Crippen LogP) is 1.47. The molecule has 0 aliphatic carbocycles. The van der Waals surface area contributed by atoms with Crippen molar-refractivity contribution in [3.63, 3.8) is 0 Å². The Hall–Kier alpha value is -1.75. The molecule has 1 aliphatic rings. The molecular weight excluding hydrogens is 220 g/mol. The Kier molecular flexibility index (Phi) is 3.82. The largest absolute Gasteiger partial charge is 0.491 e. The Morgan fingerprint density at radius 2 is 2.41 bits per heavy atom. The molecule has 2 N–H and O–H groups in total. The van der Waals surface area contributed by atoms with E-state index in [1.807, 2.05) is 18.2 Å². The van der Waals surface area contributed by atoms with Crippen molar-refractivity contribution in [2.45, 2.75) is 6.42 Å². The molecule has 5 heteroatoms. The van der Waals surface area contributed by atoms with Gasteiger partial charge < -0.3 is 20.1 Å². The fraction of sp³-hybridized carbons (Fsp3) is 0.417. The van der Waals surface area contributed by atoms with E-state index in [0.717, 1.165) is 17.9 Å². The highest BCUT2D eigenvalue weighted by Gasteiger charge is 2.13. The molecule has 2 rings (SSSR count). The molecule has 0 bridgehead atoms. The Balaban J connectivity index is 2.09. The Labute approximate surface area is 100 Å². The quantitative estimate of drug-likeness (QED) is 0.777. The summed E-state index contributed by atoms with van der Waals surface area (Å²) in [5.41, 5.74) is 1.65. The smallest absolute Gasteiger partial charge is 0.227 e. The van der Waals surface area contributed by atoms with Crippen molar-refractivity contribution in [1.29, 1.82) is 0 Å². The van der Waals surface area contributed by atoms with Crippen LogP contribution in [0.2, 0.25) is 0 Å². The van der Waals surface area contributed by atoms with Crippen LogP contribution < -0.4 is 15.4 Å². The van der Waals surface area contributed by atoms with Crippen LogP contribution in [0, 0.1) is 0 Å². The van der Waals surface area contributed by atoms with Gasteiger partial charge in [-0.15, -0.1) is 0 Å². The van der Waals surface area contributed by atoms with Crippen molar-refractivity contribution in [3.8, 4) is 5.75 Å². The summed E-state index contributed by atoms with van der Waals surface area (Å²) in [6.07, 6.45) is 0.390. The number of fused-ring (bicyclic) bond motifs is 1. The lowest BCUT2D eigenvalue weighted by Crippen LogP contribution is -2.11. The monoisotopic (exact) mass is 236 g/mol. The summed E-state index contributed by atoms with van der Waals surface area (Å²) < 4.78 is 10.4. The summed E-state index contributed by atoms with van der Waals surface area (Å²) in [6, 6.07) is 5.65. The van der Waals surface area contributed by atoms with Crippen LogP contribution in [-0.2, 0) is 9.53 Å². The van der Waals surface area contributed by atoms with Crippen molar-refractivity contribution < 1.29 is 14.3 Å². The van der Waals surface area contributed by atoms with Gasteiger partial charge in [-0.3, -0.25) is 4.79 Å². The van der Waals surface area contributed by atoms with Crippen LogP contribution in [0.3, 0.4) is 0 Å². The van der Waals surface area contributed by atoms with E-state index < -0.39 is 0 Å². The zero-order valence-corrected chi connectivity index (χ0v) is 9.79. The minimum atomic E-state index is -0.0159. The zero-order valence-electron chi connectivity index (χ0n) is 9.79. The molecule has 0 saturated carbocycles. The fourth-order valence-electron chi connectivity index (χ4n) is 1.63. The van der Waals surface area contributed by atoms with E-state index in [1.165, 1.54) is 0 Å². The SMILES string of the molecule is COCCNc1ccc2c(c1)NC(=O)CCO2. The van der Waals surface area contributed by atoms with E-state index >= 15 is 0 Å². The highest BCUT2D eigenvalue weighted by Crippen LogP contribution is 2.29. The molecule has 0 aromatic heterocycles. The number of carbonyl (C=O) groups is 1. The Morgan fingerprint density at radius 3 is 3.24 bits per heavy atom. The zero-order chi connectivity index (χ0) is 12.1. The number of amides is 1. The maximum atomic E-state index is 11.4. The third-order valence-electron chi connectivity index (χ3n) is 2.48. The number of carbonyl (C=O) groups excluding carboxylic acids is 1. The van der Waals surface area contributed by atoms with Gasteiger partial charge in [0.2, 0.25) is 5.91 Å². The molecule has 5 nitrogen and oxygen atoms in total. The molecule has 1 aliphatic heterocycles. The number of hydrogen-bond acceptors (Lipinski definition) is 4. The molecule has 1 aromatic carbocycles. The topological polar surface area (TPSA) is 59.6 Å². The molecule has 0 spiro atoms. The average Bonchev–Trinajstić information content (AvgIpc) is 2.49. The van der Waals surface area contributed by atoms with Gasteiger partial charge in [-0.2, -0.15) is 0 Å². The van der Waals surface area contributed by atoms with E-state index in [-0.39, 0.29) is 5.91 Å².